The summed E-state index contributed by atoms with van der Waals surface area (Å²) in [5.41, 5.74) is 0. The maximum atomic E-state index is 3.64. The van der Waals surface area contributed by atoms with Gasteiger partial charge in [-0.15, -0.1) is 0 Å². The third-order valence-corrected chi connectivity index (χ3v) is 0. The van der Waals surface area contributed by atoms with Gasteiger partial charge < -0.3 is 0 Å². The van der Waals surface area contributed by atoms with E-state index >= 15 is 0 Å². The molecule has 1 radical (unpaired) electrons. The van der Waals surface area contributed by atoms with Crippen LogP contribution in [-0.4, -0.2) is 51.4 Å². The van der Waals surface area contributed by atoms with Crippen molar-refractivity contribution in [3.63, 3.8) is 0 Å². The zero-order valence-corrected chi connectivity index (χ0v) is 3.28. The van der Waals surface area contributed by atoms with Gasteiger partial charge in [-0.1, -0.05) is 20.8 Å². The van der Waals surface area contributed by atoms with Gasteiger partial charge in [-0.25, -0.2) is 0 Å². The van der Waals surface area contributed by atoms with Crippen LogP contribution >= 0.6 is 0 Å². The summed E-state index contributed by atoms with van der Waals surface area (Å²) in [5.74, 6) is 0.583. The zero-order valence-electron chi connectivity index (χ0n) is 3.28. The summed E-state index contributed by atoms with van der Waals surface area (Å²) in [5, 5.41) is 0. The first kappa shape index (κ1) is 9.81. The Balaban J connectivity index is 0. The van der Waals surface area contributed by atoms with E-state index in [1.165, 1.54) is 0 Å². The van der Waals surface area contributed by atoms with Crippen molar-refractivity contribution >= 4 is 51.4 Å². The molecule has 0 fully saturated rings. The van der Waals surface area contributed by atoms with Crippen LogP contribution in [0.3, 0.4) is 0 Å². The summed E-state index contributed by atoms with van der Waals surface area (Å²) >= 11 is 0. The Bertz CT molecular complexity index is 8.36. The van der Waals surface area contributed by atoms with Gasteiger partial charge in [0.05, 0.1) is 0 Å². The molecular formula is C4H10K. The van der Waals surface area contributed by atoms with Crippen LogP contribution in [0, 0.1) is 12.8 Å². The third-order valence-electron chi connectivity index (χ3n) is 0. The van der Waals surface area contributed by atoms with E-state index in [2.05, 4.69) is 20.8 Å². The van der Waals surface area contributed by atoms with Crippen LogP contribution < -0.4 is 0 Å². The standard InChI is InChI=1S/C4H9.K.H/c1-4(2)3;;/h4H,1H2,2-3H3;;. The quantitative estimate of drug-likeness (QED) is 0.393. The molecule has 0 rings (SSSR count). The summed E-state index contributed by atoms with van der Waals surface area (Å²) in [6.45, 7) is 7.75. The Morgan fingerprint density at radius 2 is 1.40 bits per heavy atom. The van der Waals surface area contributed by atoms with Crippen molar-refractivity contribution in [2.75, 3.05) is 0 Å². The second-order valence-electron chi connectivity index (χ2n) is 1.39. The first-order valence-corrected chi connectivity index (χ1v) is 1.56. The van der Waals surface area contributed by atoms with Crippen molar-refractivity contribution in [3.8, 4) is 0 Å². The minimum absolute atomic E-state index is 0. The van der Waals surface area contributed by atoms with Crippen LogP contribution in [0.1, 0.15) is 13.8 Å². The molecule has 0 aliphatic rings. The number of hydrogen-bond donors (Lipinski definition) is 0. The van der Waals surface area contributed by atoms with Crippen LogP contribution in [0.5, 0.6) is 0 Å². The van der Waals surface area contributed by atoms with Crippen LogP contribution in [-0.2, 0) is 0 Å². The molecular weight excluding hydrogens is 87.1 g/mol. The van der Waals surface area contributed by atoms with E-state index in [1.807, 2.05) is 0 Å². The van der Waals surface area contributed by atoms with Gasteiger partial charge in [-0.05, 0) is 5.92 Å². The molecule has 0 saturated carbocycles. The fourth-order valence-electron chi connectivity index (χ4n) is 0. The summed E-state index contributed by atoms with van der Waals surface area (Å²) in [4.78, 5) is 0. The Morgan fingerprint density at radius 3 is 1.40 bits per heavy atom. The molecule has 5 heavy (non-hydrogen) atoms. The number of hydrogen-bond acceptors (Lipinski definition) is 0. The Hall–Kier alpha value is 1.64. The molecule has 0 bridgehead atoms. The predicted molar refractivity (Wildman–Crippen MR) is 27.3 cm³/mol. The van der Waals surface area contributed by atoms with Gasteiger partial charge in [-0.2, -0.15) is 0 Å². The molecule has 0 spiro atoms. The molecule has 1 heteroatoms. The fourth-order valence-corrected chi connectivity index (χ4v) is 0. The monoisotopic (exact) mass is 97.0 g/mol. The van der Waals surface area contributed by atoms with E-state index in [0.29, 0.717) is 5.92 Å². The summed E-state index contributed by atoms with van der Waals surface area (Å²) in [6, 6.07) is 0. The Labute approximate surface area is 76.8 Å². The van der Waals surface area contributed by atoms with Crippen LogP contribution in [0.2, 0.25) is 0 Å². The van der Waals surface area contributed by atoms with Crippen molar-refractivity contribution < 1.29 is 0 Å². The van der Waals surface area contributed by atoms with E-state index in [-0.39, 0.29) is 51.4 Å². The van der Waals surface area contributed by atoms with Gasteiger partial charge in [0.25, 0.3) is 0 Å². The zero-order chi connectivity index (χ0) is 3.58. The first-order valence-electron chi connectivity index (χ1n) is 1.56. The molecule has 0 aliphatic heterocycles. The fraction of sp³-hybridized carbons (Fsp3) is 0.750. The molecule has 0 unspecified atom stereocenters. The van der Waals surface area contributed by atoms with Crippen molar-refractivity contribution in [2.24, 2.45) is 5.92 Å². The normalized spacial score (nSPS) is 7.20. The first-order chi connectivity index (χ1) is 1.73. The van der Waals surface area contributed by atoms with Gasteiger partial charge >= 0.3 is 51.4 Å². The molecule has 0 heterocycles. The van der Waals surface area contributed by atoms with Crippen molar-refractivity contribution in [3.05, 3.63) is 6.92 Å². The van der Waals surface area contributed by atoms with Gasteiger partial charge in [0.1, 0.15) is 0 Å². The van der Waals surface area contributed by atoms with E-state index in [4.69, 9.17) is 0 Å². The molecule has 27 valence electrons. The molecule has 0 saturated heterocycles. The molecule has 0 N–H and O–H groups in total. The minimum atomic E-state index is 0. The van der Waals surface area contributed by atoms with Gasteiger partial charge in [-0.3, -0.25) is 0 Å². The average molecular weight is 97.2 g/mol. The molecule has 0 aromatic rings. The Morgan fingerprint density at radius 1 is 1.40 bits per heavy atom. The summed E-state index contributed by atoms with van der Waals surface area (Å²) in [7, 11) is 0. The van der Waals surface area contributed by atoms with Crippen LogP contribution in [0.15, 0.2) is 0 Å². The third kappa shape index (κ3) is 27.8. The SMILES string of the molecule is [CH2]C(C)C.[KH]. The van der Waals surface area contributed by atoms with Crippen molar-refractivity contribution in [1.29, 1.82) is 0 Å². The van der Waals surface area contributed by atoms with E-state index in [1.54, 1.807) is 0 Å². The van der Waals surface area contributed by atoms with Crippen LogP contribution in [0.25, 0.3) is 0 Å². The summed E-state index contributed by atoms with van der Waals surface area (Å²) in [6.07, 6.45) is 0. The van der Waals surface area contributed by atoms with E-state index < -0.39 is 0 Å². The number of rotatable bonds is 0. The summed E-state index contributed by atoms with van der Waals surface area (Å²) < 4.78 is 0. The average Bonchev–Trinajstić information content (AvgIpc) is 0.811. The molecule has 0 aromatic carbocycles. The predicted octanol–water partition coefficient (Wildman–Crippen LogP) is 0.828. The van der Waals surface area contributed by atoms with Gasteiger partial charge in [0.2, 0.25) is 0 Å². The Kier molecular flexibility index (Phi) is 11.1. The molecule has 0 aliphatic carbocycles. The van der Waals surface area contributed by atoms with Gasteiger partial charge in [0.15, 0.2) is 0 Å². The second kappa shape index (κ2) is 5.64. The van der Waals surface area contributed by atoms with Crippen molar-refractivity contribution in [1.82, 2.24) is 0 Å². The molecule has 0 atom stereocenters. The van der Waals surface area contributed by atoms with Gasteiger partial charge in [0, 0.05) is 0 Å². The van der Waals surface area contributed by atoms with E-state index in [9.17, 15) is 0 Å². The molecule has 0 nitrogen and oxygen atoms in total. The van der Waals surface area contributed by atoms with E-state index in [0.717, 1.165) is 0 Å². The molecule has 0 aromatic heterocycles. The van der Waals surface area contributed by atoms with Crippen LogP contribution in [0.4, 0.5) is 0 Å². The van der Waals surface area contributed by atoms with Crippen molar-refractivity contribution in [2.45, 2.75) is 13.8 Å². The maximum absolute atomic E-state index is 3.64. The molecule has 0 amide bonds. The second-order valence-corrected chi connectivity index (χ2v) is 1.39. The topological polar surface area (TPSA) is 0 Å².